The van der Waals surface area contributed by atoms with E-state index in [4.69, 9.17) is 9.15 Å². The van der Waals surface area contributed by atoms with Crippen molar-refractivity contribution in [3.8, 4) is 11.1 Å². The summed E-state index contributed by atoms with van der Waals surface area (Å²) in [5.74, 6) is 0.556. The summed E-state index contributed by atoms with van der Waals surface area (Å²) in [5.41, 5.74) is 6.28. The van der Waals surface area contributed by atoms with Gasteiger partial charge in [-0.1, -0.05) is 48.5 Å². The van der Waals surface area contributed by atoms with Crippen LogP contribution in [0.3, 0.4) is 0 Å². The second kappa shape index (κ2) is 9.13. The van der Waals surface area contributed by atoms with E-state index in [9.17, 15) is 9.59 Å². The van der Waals surface area contributed by atoms with Crippen LogP contribution in [0.4, 0.5) is 10.7 Å². The molecule has 36 heavy (non-hydrogen) atoms. The highest BCUT2D eigenvalue weighted by atomic mass is 79.9. The van der Waals surface area contributed by atoms with Gasteiger partial charge in [-0.25, -0.2) is 4.79 Å². The van der Waals surface area contributed by atoms with Crippen LogP contribution in [-0.2, 0) is 4.74 Å². The third-order valence-corrected chi connectivity index (χ3v) is 7.69. The molecule has 4 aromatic rings. The fourth-order valence-electron chi connectivity index (χ4n) is 5.29. The van der Waals surface area contributed by atoms with Crippen molar-refractivity contribution in [1.29, 1.82) is 0 Å². The maximum Gasteiger partial charge on any atom is 0.409 e. The molecular formula is C29H25BrN2O4. The summed E-state index contributed by atoms with van der Waals surface area (Å²) in [5, 5.41) is 0.558. The average Bonchev–Trinajstić information content (AvgIpc) is 3.21. The number of benzene rings is 3. The van der Waals surface area contributed by atoms with Gasteiger partial charge in [-0.15, -0.1) is 0 Å². The van der Waals surface area contributed by atoms with Crippen molar-refractivity contribution < 1.29 is 13.9 Å². The minimum absolute atomic E-state index is 0.0385. The van der Waals surface area contributed by atoms with Crippen molar-refractivity contribution in [2.24, 2.45) is 0 Å². The van der Waals surface area contributed by atoms with Gasteiger partial charge in [0.1, 0.15) is 6.61 Å². The molecule has 182 valence electrons. The van der Waals surface area contributed by atoms with Crippen LogP contribution in [0.2, 0.25) is 0 Å². The Morgan fingerprint density at radius 3 is 2.28 bits per heavy atom. The number of ether oxygens (including phenoxy) is 1. The number of halogens is 1. The van der Waals surface area contributed by atoms with Gasteiger partial charge in [-0.3, -0.25) is 4.79 Å². The predicted molar refractivity (Wildman–Crippen MR) is 144 cm³/mol. The number of piperazine rings is 1. The van der Waals surface area contributed by atoms with E-state index in [2.05, 4.69) is 40.2 Å². The molecule has 6 rings (SSSR count). The Morgan fingerprint density at radius 2 is 1.61 bits per heavy atom. The lowest BCUT2D eigenvalue weighted by molar-refractivity contribution is 0.0973. The van der Waals surface area contributed by atoms with E-state index < -0.39 is 0 Å². The molecule has 1 aromatic heterocycles. The molecule has 0 spiro atoms. The Kier molecular flexibility index (Phi) is 5.80. The van der Waals surface area contributed by atoms with Gasteiger partial charge in [0, 0.05) is 38.2 Å². The van der Waals surface area contributed by atoms with Gasteiger partial charge in [-0.05, 0) is 62.8 Å². The number of amides is 1. The summed E-state index contributed by atoms with van der Waals surface area (Å²) >= 11 is 3.51. The second-order valence-corrected chi connectivity index (χ2v) is 10.2. The highest BCUT2D eigenvalue weighted by molar-refractivity contribution is 9.10. The lowest BCUT2D eigenvalue weighted by Crippen LogP contribution is -2.49. The Morgan fingerprint density at radius 1 is 0.972 bits per heavy atom. The van der Waals surface area contributed by atoms with Crippen LogP contribution in [0.1, 0.15) is 22.6 Å². The molecule has 7 heteroatoms. The number of nitrogens with zero attached hydrogens (tertiary/aromatic N) is 2. The van der Waals surface area contributed by atoms with Crippen LogP contribution in [0, 0.1) is 6.92 Å². The molecule has 1 fully saturated rings. The molecule has 0 unspecified atom stereocenters. The lowest BCUT2D eigenvalue weighted by Gasteiger charge is -2.34. The molecule has 0 N–H and O–H groups in total. The topological polar surface area (TPSA) is 63.0 Å². The third kappa shape index (κ3) is 3.97. The summed E-state index contributed by atoms with van der Waals surface area (Å²) in [6, 6.07) is 21.9. The quantitative estimate of drug-likeness (QED) is 0.319. The lowest BCUT2D eigenvalue weighted by atomic mass is 9.98. The first-order valence-electron chi connectivity index (χ1n) is 12.1. The molecule has 1 aliphatic heterocycles. The van der Waals surface area contributed by atoms with Crippen molar-refractivity contribution in [2.75, 3.05) is 37.7 Å². The minimum atomic E-state index is -0.310. The van der Waals surface area contributed by atoms with E-state index in [1.54, 1.807) is 4.90 Å². The molecule has 1 aliphatic carbocycles. The fraction of sp³-hybridized carbons (Fsp3) is 0.241. The van der Waals surface area contributed by atoms with Crippen LogP contribution >= 0.6 is 15.9 Å². The molecule has 1 saturated heterocycles. The summed E-state index contributed by atoms with van der Waals surface area (Å²) in [7, 11) is 0. The SMILES string of the molecule is Cc1cc(Br)c2oc(N3CCN(C(=O)OCC4c5ccccc5-c5ccccc54)CC3)cc(=O)c2c1. The van der Waals surface area contributed by atoms with Crippen molar-refractivity contribution in [2.45, 2.75) is 12.8 Å². The Balaban J connectivity index is 1.12. The number of aryl methyl sites for hydroxylation is 1. The third-order valence-electron chi connectivity index (χ3n) is 7.10. The minimum Gasteiger partial charge on any atom is -0.448 e. The van der Waals surface area contributed by atoms with Crippen molar-refractivity contribution in [3.63, 3.8) is 0 Å². The van der Waals surface area contributed by atoms with Gasteiger partial charge < -0.3 is 19.0 Å². The zero-order valence-corrected chi connectivity index (χ0v) is 21.5. The van der Waals surface area contributed by atoms with Crippen LogP contribution in [-0.4, -0.2) is 43.8 Å². The van der Waals surface area contributed by atoms with Gasteiger partial charge in [0.15, 0.2) is 16.9 Å². The Labute approximate surface area is 217 Å². The smallest absolute Gasteiger partial charge is 0.409 e. The second-order valence-electron chi connectivity index (χ2n) is 9.35. The van der Waals surface area contributed by atoms with Crippen LogP contribution in [0.5, 0.6) is 0 Å². The molecule has 6 nitrogen and oxygen atoms in total. The molecule has 2 heterocycles. The molecule has 0 radical (unpaired) electrons. The molecule has 1 amide bonds. The number of carbonyl (C=O) groups excluding carboxylic acids is 1. The van der Waals surface area contributed by atoms with Crippen LogP contribution in [0.15, 0.2) is 80.4 Å². The zero-order chi connectivity index (χ0) is 24.8. The first kappa shape index (κ1) is 22.9. The number of hydrogen-bond acceptors (Lipinski definition) is 5. The molecular weight excluding hydrogens is 520 g/mol. The Bertz CT molecular complexity index is 1490. The average molecular weight is 545 g/mol. The van der Waals surface area contributed by atoms with E-state index in [1.165, 1.54) is 28.3 Å². The summed E-state index contributed by atoms with van der Waals surface area (Å²) in [6.07, 6.45) is -0.310. The molecule has 3 aromatic carbocycles. The number of anilines is 1. The highest BCUT2D eigenvalue weighted by Crippen LogP contribution is 2.44. The van der Waals surface area contributed by atoms with Crippen molar-refractivity contribution >= 4 is 38.9 Å². The maximum absolute atomic E-state index is 12.9. The monoisotopic (exact) mass is 544 g/mol. The van der Waals surface area contributed by atoms with E-state index in [1.807, 2.05) is 48.2 Å². The molecule has 2 aliphatic rings. The van der Waals surface area contributed by atoms with Gasteiger partial charge in [0.05, 0.1) is 9.86 Å². The first-order chi connectivity index (χ1) is 17.5. The molecule has 0 saturated carbocycles. The number of fused-ring (bicyclic) bond motifs is 4. The summed E-state index contributed by atoms with van der Waals surface area (Å²) in [4.78, 5) is 29.4. The first-order valence-corrected chi connectivity index (χ1v) is 12.9. The zero-order valence-electron chi connectivity index (χ0n) is 19.9. The number of hydrogen-bond donors (Lipinski definition) is 0. The van der Waals surface area contributed by atoms with Gasteiger partial charge >= 0.3 is 6.09 Å². The van der Waals surface area contributed by atoms with E-state index in [0.717, 1.165) is 10.0 Å². The van der Waals surface area contributed by atoms with Crippen LogP contribution in [0.25, 0.3) is 22.1 Å². The Hall–Kier alpha value is -3.58. The van der Waals surface area contributed by atoms with Crippen molar-refractivity contribution in [1.82, 2.24) is 4.90 Å². The summed E-state index contributed by atoms with van der Waals surface area (Å²) in [6.45, 7) is 4.35. The van der Waals surface area contributed by atoms with E-state index in [-0.39, 0.29) is 17.4 Å². The normalized spacial score (nSPS) is 15.2. The van der Waals surface area contributed by atoms with Gasteiger partial charge in [-0.2, -0.15) is 0 Å². The fourth-order valence-corrected chi connectivity index (χ4v) is 5.95. The maximum atomic E-state index is 12.9. The summed E-state index contributed by atoms with van der Waals surface area (Å²) < 4.78 is 12.7. The predicted octanol–water partition coefficient (Wildman–Crippen LogP) is 5.94. The number of carbonyl (C=O) groups is 1. The largest absolute Gasteiger partial charge is 0.448 e. The van der Waals surface area contributed by atoms with E-state index in [0.29, 0.717) is 49.6 Å². The van der Waals surface area contributed by atoms with Crippen molar-refractivity contribution in [3.05, 3.63) is 98.1 Å². The standard InChI is InChI=1S/C29H25BrN2O4/c1-18-14-23-26(33)16-27(36-28(23)25(30)15-18)31-10-12-32(13-11-31)29(34)35-17-24-21-8-4-2-6-19(21)20-7-3-5-9-22(20)24/h2-9,14-16,24H,10-13,17H2,1H3. The van der Waals surface area contributed by atoms with E-state index >= 15 is 0 Å². The molecule has 0 bridgehead atoms. The van der Waals surface area contributed by atoms with Gasteiger partial charge in [0.2, 0.25) is 0 Å². The molecule has 0 atom stereocenters. The highest BCUT2D eigenvalue weighted by Gasteiger charge is 2.30. The van der Waals surface area contributed by atoms with Gasteiger partial charge in [0.25, 0.3) is 0 Å². The number of rotatable bonds is 3. The van der Waals surface area contributed by atoms with Crippen LogP contribution < -0.4 is 10.3 Å².